The SMILES string of the molecule is Cc1cc(C(C)(C)C)n(CCOCCCCC(=O)O)n1. The summed E-state index contributed by atoms with van der Waals surface area (Å²) in [5.74, 6) is -0.744. The molecule has 0 fully saturated rings. The molecule has 0 aliphatic rings. The average Bonchev–Trinajstić information content (AvgIpc) is 2.68. The smallest absolute Gasteiger partial charge is 0.303 e. The van der Waals surface area contributed by atoms with Crippen LogP contribution in [0.5, 0.6) is 0 Å². The Labute approximate surface area is 120 Å². The third-order valence-corrected chi connectivity index (χ3v) is 3.05. The maximum Gasteiger partial charge on any atom is 0.303 e. The summed E-state index contributed by atoms with van der Waals surface area (Å²) < 4.78 is 7.55. The second kappa shape index (κ2) is 7.43. The van der Waals surface area contributed by atoms with Gasteiger partial charge in [0.05, 0.1) is 18.8 Å². The van der Waals surface area contributed by atoms with Gasteiger partial charge in [-0.15, -0.1) is 0 Å². The first kappa shape index (κ1) is 16.7. The van der Waals surface area contributed by atoms with Crippen LogP contribution in [0.15, 0.2) is 6.07 Å². The van der Waals surface area contributed by atoms with E-state index in [-0.39, 0.29) is 11.8 Å². The van der Waals surface area contributed by atoms with Gasteiger partial charge in [-0.3, -0.25) is 9.48 Å². The lowest BCUT2D eigenvalue weighted by atomic mass is 9.92. The number of unbranched alkanes of at least 4 members (excludes halogenated alkanes) is 1. The summed E-state index contributed by atoms with van der Waals surface area (Å²) in [6.07, 6.45) is 1.68. The fraction of sp³-hybridized carbons (Fsp3) is 0.733. The standard InChI is InChI=1S/C15H26N2O3/c1-12-11-13(15(2,3)4)17(16-12)8-10-20-9-6-5-7-14(18)19/h11H,5-10H2,1-4H3,(H,18,19). The average molecular weight is 282 g/mol. The monoisotopic (exact) mass is 282 g/mol. The van der Waals surface area contributed by atoms with E-state index in [1.807, 2.05) is 11.6 Å². The molecule has 0 aliphatic heterocycles. The van der Waals surface area contributed by atoms with Crippen LogP contribution in [-0.2, 0) is 21.5 Å². The summed E-state index contributed by atoms with van der Waals surface area (Å²) in [7, 11) is 0. The van der Waals surface area contributed by atoms with Crippen LogP contribution in [-0.4, -0.2) is 34.1 Å². The molecule has 0 bridgehead atoms. The molecule has 0 spiro atoms. The van der Waals surface area contributed by atoms with Gasteiger partial charge in [-0.1, -0.05) is 20.8 Å². The molecule has 5 heteroatoms. The molecular weight excluding hydrogens is 256 g/mol. The molecule has 0 aliphatic carbocycles. The zero-order valence-corrected chi connectivity index (χ0v) is 13.0. The third kappa shape index (κ3) is 5.74. The zero-order chi connectivity index (χ0) is 15.2. The van der Waals surface area contributed by atoms with E-state index in [1.54, 1.807) is 0 Å². The van der Waals surface area contributed by atoms with Crippen molar-refractivity contribution in [3.63, 3.8) is 0 Å². The second-order valence-electron chi connectivity index (χ2n) is 6.11. The van der Waals surface area contributed by atoms with Crippen molar-refractivity contribution in [1.82, 2.24) is 9.78 Å². The van der Waals surface area contributed by atoms with E-state index in [4.69, 9.17) is 9.84 Å². The Morgan fingerprint density at radius 3 is 2.65 bits per heavy atom. The molecule has 1 aromatic heterocycles. The van der Waals surface area contributed by atoms with E-state index in [9.17, 15) is 4.79 Å². The summed E-state index contributed by atoms with van der Waals surface area (Å²) >= 11 is 0. The van der Waals surface area contributed by atoms with Gasteiger partial charge in [-0.05, 0) is 25.8 Å². The number of aryl methyl sites for hydroxylation is 1. The van der Waals surface area contributed by atoms with Crippen LogP contribution >= 0.6 is 0 Å². The quantitative estimate of drug-likeness (QED) is 0.745. The molecule has 0 radical (unpaired) electrons. The summed E-state index contributed by atoms with van der Waals surface area (Å²) in [4.78, 5) is 10.4. The van der Waals surface area contributed by atoms with Crippen LogP contribution in [0, 0.1) is 6.92 Å². The van der Waals surface area contributed by atoms with Crippen molar-refractivity contribution < 1.29 is 14.6 Å². The molecule has 1 N–H and O–H groups in total. The number of carboxylic acids is 1. The highest BCUT2D eigenvalue weighted by atomic mass is 16.5. The van der Waals surface area contributed by atoms with Crippen molar-refractivity contribution in [3.05, 3.63) is 17.5 Å². The van der Waals surface area contributed by atoms with E-state index >= 15 is 0 Å². The summed E-state index contributed by atoms with van der Waals surface area (Å²) in [5, 5.41) is 13.0. The number of aliphatic carboxylic acids is 1. The van der Waals surface area contributed by atoms with E-state index in [2.05, 4.69) is 31.9 Å². The molecule has 1 heterocycles. The summed E-state index contributed by atoms with van der Waals surface area (Å²) in [5.41, 5.74) is 2.31. The third-order valence-electron chi connectivity index (χ3n) is 3.05. The van der Waals surface area contributed by atoms with Gasteiger partial charge in [0, 0.05) is 24.1 Å². The molecule has 114 valence electrons. The Kier molecular flexibility index (Phi) is 6.20. The van der Waals surface area contributed by atoms with E-state index in [1.165, 1.54) is 5.69 Å². The fourth-order valence-corrected chi connectivity index (χ4v) is 2.05. The number of nitrogens with zero attached hydrogens (tertiary/aromatic N) is 2. The molecule has 0 unspecified atom stereocenters. The number of ether oxygens (including phenoxy) is 1. The predicted molar refractivity (Wildman–Crippen MR) is 78.0 cm³/mol. The minimum atomic E-state index is -0.744. The zero-order valence-electron chi connectivity index (χ0n) is 13.0. The van der Waals surface area contributed by atoms with Gasteiger partial charge in [0.2, 0.25) is 0 Å². The highest BCUT2D eigenvalue weighted by Gasteiger charge is 2.19. The Morgan fingerprint density at radius 2 is 2.05 bits per heavy atom. The normalized spacial score (nSPS) is 11.8. The van der Waals surface area contributed by atoms with Crippen LogP contribution in [0.3, 0.4) is 0 Å². The topological polar surface area (TPSA) is 64.3 Å². The van der Waals surface area contributed by atoms with Gasteiger partial charge in [0.25, 0.3) is 0 Å². The van der Waals surface area contributed by atoms with E-state index < -0.39 is 5.97 Å². The number of aromatic nitrogens is 2. The Morgan fingerprint density at radius 1 is 1.35 bits per heavy atom. The maximum absolute atomic E-state index is 10.4. The molecule has 0 atom stereocenters. The first-order valence-corrected chi connectivity index (χ1v) is 7.15. The minimum absolute atomic E-state index is 0.0722. The van der Waals surface area contributed by atoms with Crippen molar-refractivity contribution in [2.24, 2.45) is 0 Å². The van der Waals surface area contributed by atoms with Crippen molar-refractivity contribution in [1.29, 1.82) is 0 Å². The van der Waals surface area contributed by atoms with E-state index in [0.29, 0.717) is 19.6 Å². The predicted octanol–water partition coefficient (Wildman–Crippen LogP) is 2.76. The van der Waals surface area contributed by atoms with Crippen LogP contribution < -0.4 is 0 Å². The lowest BCUT2D eigenvalue weighted by molar-refractivity contribution is -0.137. The summed E-state index contributed by atoms with van der Waals surface area (Å²) in [6, 6.07) is 2.12. The molecule has 1 rings (SSSR count). The fourth-order valence-electron chi connectivity index (χ4n) is 2.05. The Bertz CT molecular complexity index is 433. The van der Waals surface area contributed by atoms with Crippen LogP contribution in [0.2, 0.25) is 0 Å². The second-order valence-corrected chi connectivity index (χ2v) is 6.11. The van der Waals surface area contributed by atoms with Crippen LogP contribution in [0.1, 0.15) is 51.4 Å². The van der Waals surface area contributed by atoms with E-state index in [0.717, 1.165) is 18.7 Å². The largest absolute Gasteiger partial charge is 0.481 e. The number of rotatable bonds is 8. The van der Waals surface area contributed by atoms with Gasteiger partial charge in [-0.2, -0.15) is 5.10 Å². The Balaban J connectivity index is 2.30. The molecule has 0 saturated carbocycles. The summed E-state index contributed by atoms with van der Waals surface area (Å²) in [6.45, 7) is 10.5. The number of carbonyl (C=O) groups is 1. The highest BCUT2D eigenvalue weighted by molar-refractivity contribution is 5.66. The maximum atomic E-state index is 10.4. The van der Waals surface area contributed by atoms with Crippen LogP contribution in [0.25, 0.3) is 0 Å². The first-order chi connectivity index (χ1) is 9.30. The molecule has 0 saturated heterocycles. The molecular formula is C15H26N2O3. The van der Waals surface area contributed by atoms with Gasteiger partial charge in [0.1, 0.15) is 0 Å². The lowest BCUT2D eigenvalue weighted by Gasteiger charge is -2.20. The Hall–Kier alpha value is -1.36. The van der Waals surface area contributed by atoms with Crippen molar-refractivity contribution in [2.45, 2.75) is 58.9 Å². The molecule has 1 aromatic rings. The number of hydrogen-bond donors (Lipinski definition) is 1. The molecule has 5 nitrogen and oxygen atoms in total. The molecule has 20 heavy (non-hydrogen) atoms. The van der Waals surface area contributed by atoms with Gasteiger partial charge in [-0.25, -0.2) is 0 Å². The van der Waals surface area contributed by atoms with Crippen molar-refractivity contribution in [2.75, 3.05) is 13.2 Å². The van der Waals surface area contributed by atoms with Gasteiger partial charge < -0.3 is 9.84 Å². The molecule has 0 amide bonds. The number of hydrogen-bond acceptors (Lipinski definition) is 3. The lowest BCUT2D eigenvalue weighted by Crippen LogP contribution is -2.20. The highest BCUT2D eigenvalue weighted by Crippen LogP contribution is 2.22. The first-order valence-electron chi connectivity index (χ1n) is 7.15. The number of carboxylic acid groups (broad SMARTS) is 1. The minimum Gasteiger partial charge on any atom is -0.481 e. The van der Waals surface area contributed by atoms with Crippen molar-refractivity contribution in [3.8, 4) is 0 Å². The van der Waals surface area contributed by atoms with Gasteiger partial charge in [0.15, 0.2) is 0 Å². The van der Waals surface area contributed by atoms with Crippen LogP contribution in [0.4, 0.5) is 0 Å². The van der Waals surface area contributed by atoms with Gasteiger partial charge >= 0.3 is 5.97 Å². The van der Waals surface area contributed by atoms with Crippen molar-refractivity contribution >= 4 is 5.97 Å². The molecule has 0 aromatic carbocycles.